The van der Waals surface area contributed by atoms with E-state index in [1.54, 1.807) is 12.1 Å². The van der Waals surface area contributed by atoms with Gasteiger partial charge in [0, 0.05) is 12.4 Å². The van der Waals surface area contributed by atoms with Crippen molar-refractivity contribution in [2.45, 2.75) is 0 Å². The number of carbonyl (C=O) groups is 1. The van der Waals surface area contributed by atoms with Crippen LogP contribution in [-0.2, 0) is 0 Å². The smallest absolute Gasteiger partial charge is 0.258 e. The molecule has 0 unspecified atom stereocenters. The number of aromatic nitrogens is 3. The molecule has 1 aromatic carbocycles. The van der Waals surface area contributed by atoms with Crippen LogP contribution < -0.4 is 10.8 Å². The number of hydrogen-bond donors (Lipinski definition) is 3. The maximum Gasteiger partial charge on any atom is 0.258 e. The minimum Gasteiger partial charge on any atom is -0.302 e. The van der Waals surface area contributed by atoms with Crippen LogP contribution in [0.3, 0.4) is 0 Å². The van der Waals surface area contributed by atoms with Gasteiger partial charge in [0.2, 0.25) is 5.82 Å². The molecule has 0 bridgehead atoms. The topological polar surface area (TPSA) is 126 Å². The summed E-state index contributed by atoms with van der Waals surface area (Å²) in [4.78, 5) is 20.1. The number of halogens is 2. The normalized spacial score (nSPS) is 11.3. The van der Waals surface area contributed by atoms with Crippen molar-refractivity contribution in [3.63, 3.8) is 0 Å². The summed E-state index contributed by atoms with van der Waals surface area (Å²) in [7, 11) is 0. The van der Waals surface area contributed by atoms with Crippen LogP contribution in [0.1, 0.15) is 16.1 Å². The Morgan fingerprint density at radius 1 is 1.31 bits per heavy atom. The summed E-state index contributed by atoms with van der Waals surface area (Å²) >= 11 is 3.04. The average molecular weight is 421 g/mol. The fourth-order valence-electron chi connectivity index (χ4n) is 1.92. The Kier molecular flexibility index (Phi) is 5.29. The number of rotatable bonds is 4. The second-order valence-electron chi connectivity index (χ2n) is 4.83. The second-order valence-corrected chi connectivity index (χ2v) is 5.68. The van der Waals surface area contributed by atoms with Gasteiger partial charge in [-0.05, 0) is 56.6 Å². The minimum absolute atomic E-state index is 0.0508. The molecule has 0 saturated carbocycles. The highest BCUT2D eigenvalue weighted by Crippen LogP contribution is 2.23. The fraction of sp³-hybridized carbons (Fsp3) is 0. The second kappa shape index (κ2) is 7.80. The lowest BCUT2D eigenvalue weighted by atomic mass is 10.2. The summed E-state index contributed by atoms with van der Waals surface area (Å²) in [6, 6.07) is 7.15. The Morgan fingerprint density at radius 2 is 2.15 bits per heavy atom. The number of nitrogens with one attached hydrogen (secondary N) is 2. The van der Waals surface area contributed by atoms with E-state index in [9.17, 15) is 14.4 Å². The van der Waals surface area contributed by atoms with Crippen molar-refractivity contribution in [1.82, 2.24) is 20.8 Å². The number of pyridine rings is 1. The van der Waals surface area contributed by atoms with Gasteiger partial charge in [-0.1, -0.05) is 0 Å². The number of carbonyl (C=O) groups excluding carboxylic acids is 1. The van der Waals surface area contributed by atoms with Crippen LogP contribution in [-0.4, -0.2) is 32.2 Å². The third-order valence-electron chi connectivity index (χ3n) is 3.12. The molecule has 0 aliphatic rings. The molecule has 3 aromatic rings. The van der Waals surface area contributed by atoms with Gasteiger partial charge in [-0.25, -0.2) is 14.0 Å². The molecule has 11 heteroatoms. The van der Waals surface area contributed by atoms with E-state index < -0.39 is 11.7 Å². The van der Waals surface area contributed by atoms with E-state index in [4.69, 9.17) is 0 Å². The van der Waals surface area contributed by atoms with Crippen molar-refractivity contribution in [3.05, 3.63) is 64.3 Å². The van der Waals surface area contributed by atoms with Gasteiger partial charge >= 0.3 is 0 Å². The van der Waals surface area contributed by atoms with Crippen LogP contribution in [0.5, 0.6) is 0 Å². The number of anilines is 1. The first kappa shape index (κ1) is 17.6. The Labute approximate surface area is 154 Å². The van der Waals surface area contributed by atoms with E-state index in [0.717, 1.165) is 0 Å². The zero-order chi connectivity index (χ0) is 18.5. The molecule has 3 N–H and O–H groups in total. The van der Waals surface area contributed by atoms with Gasteiger partial charge in [-0.3, -0.25) is 20.5 Å². The first-order valence-corrected chi connectivity index (χ1v) is 7.86. The van der Waals surface area contributed by atoms with Crippen molar-refractivity contribution in [2.75, 3.05) is 5.32 Å². The highest BCUT2D eigenvalue weighted by molar-refractivity contribution is 9.10. The van der Waals surface area contributed by atoms with Gasteiger partial charge in [0.1, 0.15) is 5.82 Å². The summed E-state index contributed by atoms with van der Waals surface area (Å²) in [5.41, 5.74) is 2.40. The van der Waals surface area contributed by atoms with E-state index in [1.807, 2.05) is 5.48 Å². The number of nitrogens with zero attached hydrogens (tertiary/aromatic N) is 4. The molecule has 0 aliphatic carbocycles. The summed E-state index contributed by atoms with van der Waals surface area (Å²) < 4.78 is 18.1. The molecule has 26 heavy (non-hydrogen) atoms. The van der Waals surface area contributed by atoms with Crippen molar-refractivity contribution < 1.29 is 19.0 Å². The number of benzene rings is 1. The van der Waals surface area contributed by atoms with Crippen LogP contribution >= 0.6 is 15.9 Å². The van der Waals surface area contributed by atoms with Crippen molar-refractivity contribution in [1.29, 1.82) is 0 Å². The third-order valence-corrected chi connectivity index (χ3v) is 3.73. The first-order valence-electron chi connectivity index (χ1n) is 7.06. The van der Waals surface area contributed by atoms with Crippen LogP contribution in [0.25, 0.3) is 0 Å². The molecule has 132 valence electrons. The van der Waals surface area contributed by atoms with Gasteiger partial charge in [0.25, 0.3) is 5.91 Å². The van der Waals surface area contributed by atoms with Crippen molar-refractivity contribution in [2.24, 2.45) is 4.99 Å². The number of aliphatic imine (C=N–C) groups is 1. The average Bonchev–Trinajstić information content (AvgIpc) is 3.11. The predicted octanol–water partition coefficient (Wildman–Crippen LogP) is 2.68. The SMILES string of the molecule is O=C(Nc1nonc1C(=Nc1ccc(F)c(Br)c1)NO)c1cccnc1. The van der Waals surface area contributed by atoms with E-state index in [-0.39, 0.29) is 21.8 Å². The molecule has 9 nitrogen and oxygen atoms in total. The van der Waals surface area contributed by atoms with Gasteiger partial charge in [-0.15, -0.1) is 0 Å². The van der Waals surface area contributed by atoms with Gasteiger partial charge in [0.15, 0.2) is 11.5 Å². The Hall–Kier alpha value is -3.18. The number of amidine groups is 1. The van der Waals surface area contributed by atoms with Crippen molar-refractivity contribution in [3.8, 4) is 0 Å². The van der Waals surface area contributed by atoms with E-state index >= 15 is 0 Å². The lowest BCUT2D eigenvalue weighted by molar-refractivity contribution is 0.102. The zero-order valence-electron chi connectivity index (χ0n) is 12.8. The molecule has 0 spiro atoms. The molecule has 0 fully saturated rings. The highest BCUT2D eigenvalue weighted by atomic mass is 79.9. The first-order chi connectivity index (χ1) is 12.6. The quantitative estimate of drug-likeness (QED) is 0.336. The monoisotopic (exact) mass is 420 g/mol. The third kappa shape index (κ3) is 3.90. The van der Waals surface area contributed by atoms with E-state index in [1.165, 1.54) is 30.6 Å². The zero-order valence-corrected chi connectivity index (χ0v) is 14.4. The maximum atomic E-state index is 13.3. The van der Waals surface area contributed by atoms with E-state index in [2.05, 4.69) is 46.2 Å². The molecule has 0 radical (unpaired) electrons. The van der Waals surface area contributed by atoms with Crippen LogP contribution in [0, 0.1) is 5.82 Å². The van der Waals surface area contributed by atoms with Gasteiger partial charge < -0.3 is 5.32 Å². The standard InChI is InChI=1S/C15H10BrFN6O3/c16-10-6-9(3-4-11(10)17)19-13(21-25)12-14(23-26-22-12)20-15(24)8-2-1-5-18-7-8/h1-7,25H,(H,19,21)(H,20,23,24). The number of hydroxylamine groups is 1. The molecule has 3 rings (SSSR count). The molecule has 2 aromatic heterocycles. The largest absolute Gasteiger partial charge is 0.302 e. The molecule has 2 heterocycles. The Morgan fingerprint density at radius 3 is 2.85 bits per heavy atom. The van der Waals surface area contributed by atoms with E-state index in [0.29, 0.717) is 11.3 Å². The van der Waals surface area contributed by atoms with Gasteiger partial charge in [0.05, 0.1) is 15.7 Å². The Bertz CT molecular complexity index is 963. The molecule has 0 atom stereocenters. The van der Waals surface area contributed by atoms with Crippen molar-refractivity contribution >= 4 is 39.2 Å². The lowest BCUT2D eigenvalue weighted by Gasteiger charge is -2.05. The predicted molar refractivity (Wildman–Crippen MR) is 91.7 cm³/mol. The maximum absolute atomic E-state index is 13.3. The number of amides is 1. The Balaban J connectivity index is 1.88. The summed E-state index contributed by atoms with van der Waals surface area (Å²) in [6.07, 6.45) is 2.90. The molecule has 0 saturated heterocycles. The van der Waals surface area contributed by atoms with Crippen LogP contribution in [0.4, 0.5) is 15.9 Å². The summed E-state index contributed by atoms with van der Waals surface area (Å²) in [6.45, 7) is 0. The summed E-state index contributed by atoms with van der Waals surface area (Å²) in [5, 5.41) is 19.0. The molecule has 1 amide bonds. The molecular formula is C15H10BrFN6O3. The lowest BCUT2D eigenvalue weighted by Crippen LogP contribution is -2.23. The molecule has 0 aliphatic heterocycles. The fourth-order valence-corrected chi connectivity index (χ4v) is 2.28. The summed E-state index contributed by atoms with van der Waals surface area (Å²) in [5.74, 6) is -1.20. The minimum atomic E-state index is -0.503. The highest BCUT2D eigenvalue weighted by Gasteiger charge is 2.19. The van der Waals surface area contributed by atoms with Crippen LogP contribution in [0.2, 0.25) is 0 Å². The molecular weight excluding hydrogens is 411 g/mol. The number of hydrogen-bond acceptors (Lipinski definition) is 7. The van der Waals surface area contributed by atoms with Gasteiger partial charge in [-0.2, -0.15) is 0 Å². The van der Waals surface area contributed by atoms with Crippen LogP contribution in [0.15, 0.2) is 56.8 Å².